The number of hydrogen-bond acceptors (Lipinski definition) is 4. The van der Waals surface area contributed by atoms with E-state index >= 15 is 0 Å². The Morgan fingerprint density at radius 1 is 0.906 bits per heavy atom. The van der Waals surface area contributed by atoms with E-state index in [0.29, 0.717) is 27.1 Å². The van der Waals surface area contributed by atoms with Crippen molar-refractivity contribution in [2.45, 2.75) is 0 Å². The topological polar surface area (TPSA) is 69.0 Å². The number of halogens is 2. The van der Waals surface area contributed by atoms with E-state index in [0.717, 1.165) is 11.1 Å². The van der Waals surface area contributed by atoms with Crippen LogP contribution in [0, 0.1) is 0 Å². The molecule has 0 unspecified atom stereocenters. The number of carbonyl (C=O) groups is 2. The van der Waals surface area contributed by atoms with Crippen LogP contribution in [-0.2, 0) is 4.79 Å². The number of anilines is 1. The van der Waals surface area contributed by atoms with Gasteiger partial charge in [0.2, 0.25) is 0 Å². The Morgan fingerprint density at radius 3 is 2.31 bits per heavy atom. The number of hydrogen-bond donors (Lipinski definition) is 1. The van der Waals surface area contributed by atoms with Gasteiger partial charge in [0.25, 0.3) is 11.7 Å². The van der Waals surface area contributed by atoms with Gasteiger partial charge in [-0.05, 0) is 35.9 Å². The molecule has 32 heavy (non-hydrogen) atoms. The quantitative estimate of drug-likeness (QED) is 0.288. The normalized spacial score (nSPS) is 10.8. The number of benzene rings is 2. The zero-order chi connectivity index (χ0) is 22.8. The molecule has 162 valence electrons. The average Bonchev–Trinajstić information content (AvgIpc) is 3.19. The maximum absolute atomic E-state index is 13.3. The standard InChI is InChI=1S/C24H18Cl2N2O4/c1-31-20-13-19(21(32-2)12-18(20)26)27-24(30)23(29)22-17(14-6-8-15(25)9-7-14)11-16-5-3-4-10-28(16)22/h3-13H,1-2H3,(H,27,30). The second-order valence-corrected chi connectivity index (χ2v) is 7.72. The van der Waals surface area contributed by atoms with Crippen LogP contribution in [0.5, 0.6) is 11.5 Å². The molecule has 0 saturated heterocycles. The minimum atomic E-state index is -0.827. The maximum Gasteiger partial charge on any atom is 0.298 e. The first-order valence-electron chi connectivity index (χ1n) is 9.56. The number of aromatic nitrogens is 1. The third-order valence-corrected chi connectivity index (χ3v) is 5.53. The van der Waals surface area contributed by atoms with E-state index < -0.39 is 11.7 Å². The van der Waals surface area contributed by atoms with Gasteiger partial charge in [-0.15, -0.1) is 0 Å². The van der Waals surface area contributed by atoms with Gasteiger partial charge >= 0.3 is 0 Å². The minimum Gasteiger partial charge on any atom is -0.495 e. The van der Waals surface area contributed by atoms with E-state index in [1.165, 1.54) is 26.4 Å². The van der Waals surface area contributed by atoms with Crippen LogP contribution < -0.4 is 14.8 Å². The smallest absolute Gasteiger partial charge is 0.298 e. The van der Waals surface area contributed by atoms with E-state index in [4.69, 9.17) is 32.7 Å². The van der Waals surface area contributed by atoms with Crippen molar-refractivity contribution in [2.24, 2.45) is 0 Å². The van der Waals surface area contributed by atoms with Gasteiger partial charge in [0.1, 0.15) is 17.2 Å². The van der Waals surface area contributed by atoms with E-state index in [1.54, 1.807) is 40.9 Å². The summed E-state index contributed by atoms with van der Waals surface area (Å²) in [5, 5.41) is 3.51. The van der Waals surface area contributed by atoms with Gasteiger partial charge < -0.3 is 19.2 Å². The second kappa shape index (κ2) is 8.94. The highest BCUT2D eigenvalue weighted by Crippen LogP contribution is 2.36. The molecule has 1 N–H and O–H groups in total. The van der Waals surface area contributed by atoms with Crippen LogP contribution in [0.1, 0.15) is 10.5 Å². The first-order valence-corrected chi connectivity index (χ1v) is 10.3. The molecule has 1 amide bonds. The molecule has 2 heterocycles. The Morgan fingerprint density at radius 2 is 1.62 bits per heavy atom. The largest absolute Gasteiger partial charge is 0.495 e. The predicted octanol–water partition coefficient (Wildman–Crippen LogP) is 5.75. The molecule has 0 aliphatic carbocycles. The molecule has 0 atom stereocenters. The van der Waals surface area contributed by atoms with Gasteiger partial charge in [0.05, 0.1) is 24.9 Å². The van der Waals surface area contributed by atoms with Crippen LogP contribution in [0.25, 0.3) is 16.6 Å². The number of amides is 1. The summed E-state index contributed by atoms with van der Waals surface area (Å²) >= 11 is 12.1. The number of pyridine rings is 1. The van der Waals surface area contributed by atoms with Crippen molar-refractivity contribution in [2.75, 3.05) is 19.5 Å². The Kier molecular flexibility index (Phi) is 6.08. The molecule has 4 rings (SSSR count). The van der Waals surface area contributed by atoms with Gasteiger partial charge in [-0.1, -0.05) is 41.4 Å². The van der Waals surface area contributed by atoms with Gasteiger partial charge in [0.15, 0.2) is 0 Å². The molecule has 0 spiro atoms. The summed E-state index contributed by atoms with van der Waals surface area (Å²) in [5.74, 6) is -0.899. The van der Waals surface area contributed by atoms with Gasteiger partial charge in [-0.2, -0.15) is 0 Å². The first-order chi connectivity index (χ1) is 15.4. The number of rotatable bonds is 6. The average molecular weight is 469 g/mol. The number of fused-ring (bicyclic) bond motifs is 1. The van der Waals surface area contributed by atoms with Crippen LogP contribution in [0.2, 0.25) is 10.0 Å². The number of nitrogens with zero attached hydrogens (tertiary/aromatic N) is 1. The van der Waals surface area contributed by atoms with Crippen molar-refractivity contribution in [1.29, 1.82) is 0 Å². The first kappa shape index (κ1) is 21.7. The molecule has 0 aliphatic rings. The summed E-state index contributed by atoms with van der Waals surface area (Å²) in [5.41, 5.74) is 2.66. The van der Waals surface area contributed by atoms with Crippen LogP contribution >= 0.6 is 23.2 Å². The summed E-state index contributed by atoms with van der Waals surface area (Å²) < 4.78 is 12.2. The zero-order valence-corrected chi connectivity index (χ0v) is 18.7. The molecule has 0 fully saturated rings. The summed E-state index contributed by atoms with van der Waals surface area (Å²) in [6.07, 6.45) is 1.74. The van der Waals surface area contributed by atoms with Crippen molar-refractivity contribution < 1.29 is 19.1 Å². The number of ketones is 1. The highest BCUT2D eigenvalue weighted by molar-refractivity contribution is 6.47. The fourth-order valence-electron chi connectivity index (χ4n) is 3.45. The number of nitrogens with one attached hydrogen (secondary N) is 1. The molecular formula is C24H18Cl2N2O4. The number of carbonyl (C=O) groups excluding carboxylic acids is 2. The van der Waals surface area contributed by atoms with Crippen LogP contribution in [0.15, 0.2) is 66.9 Å². The van der Waals surface area contributed by atoms with Crippen molar-refractivity contribution >= 4 is 46.1 Å². The van der Waals surface area contributed by atoms with Crippen LogP contribution in [0.4, 0.5) is 5.69 Å². The third kappa shape index (κ3) is 4.02. The van der Waals surface area contributed by atoms with E-state index in [9.17, 15) is 9.59 Å². The highest BCUT2D eigenvalue weighted by Gasteiger charge is 2.26. The molecule has 0 saturated carbocycles. The lowest BCUT2D eigenvalue weighted by Gasteiger charge is -2.13. The summed E-state index contributed by atoms with van der Waals surface area (Å²) in [6, 6.07) is 17.5. The van der Waals surface area contributed by atoms with E-state index in [1.807, 2.05) is 18.2 Å². The van der Waals surface area contributed by atoms with Gasteiger partial charge in [-0.3, -0.25) is 9.59 Å². The molecule has 2 aromatic carbocycles. The molecule has 2 aromatic heterocycles. The van der Waals surface area contributed by atoms with Crippen LogP contribution in [-0.4, -0.2) is 30.3 Å². The van der Waals surface area contributed by atoms with Crippen molar-refractivity contribution in [1.82, 2.24) is 4.40 Å². The molecular weight excluding hydrogens is 451 g/mol. The summed E-state index contributed by atoms with van der Waals surface area (Å²) in [7, 11) is 2.89. The van der Waals surface area contributed by atoms with Crippen molar-refractivity contribution in [3.05, 3.63) is 82.6 Å². The Hall–Kier alpha value is -3.48. The van der Waals surface area contributed by atoms with Gasteiger partial charge in [-0.25, -0.2) is 0 Å². The second-order valence-electron chi connectivity index (χ2n) is 6.88. The molecule has 6 nitrogen and oxygen atoms in total. The molecule has 4 aromatic rings. The molecule has 0 bridgehead atoms. The molecule has 8 heteroatoms. The van der Waals surface area contributed by atoms with E-state index in [-0.39, 0.29) is 11.4 Å². The molecule has 0 radical (unpaired) electrons. The van der Waals surface area contributed by atoms with Gasteiger partial charge in [0, 0.05) is 34.4 Å². The van der Waals surface area contributed by atoms with Crippen molar-refractivity contribution in [3.63, 3.8) is 0 Å². The third-order valence-electron chi connectivity index (χ3n) is 4.98. The molecule has 0 aliphatic heterocycles. The minimum absolute atomic E-state index is 0.236. The summed E-state index contributed by atoms with van der Waals surface area (Å²) in [6.45, 7) is 0. The van der Waals surface area contributed by atoms with Crippen LogP contribution in [0.3, 0.4) is 0 Å². The fraction of sp³-hybridized carbons (Fsp3) is 0.0833. The fourth-order valence-corrected chi connectivity index (χ4v) is 3.81. The number of ether oxygens (including phenoxy) is 2. The predicted molar refractivity (Wildman–Crippen MR) is 125 cm³/mol. The SMILES string of the molecule is COc1cc(NC(=O)C(=O)c2c(-c3ccc(Cl)cc3)cc3ccccn23)c(OC)cc1Cl. The van der Waals surface area contributed by atoms with E-state index in [2.05, 4.69) is 5.32 Å². The van der Waals surface area contributed by atoms with Crippen molar-refractivity contribution in [3.8, 4) is 22.6 Å². The lowest BCUT2D eigenvalue weighted by atomic mass is 10.0. The lowest BCUT2D eigenvalue weighted by molar-refractivity contribution is -0.112. The maximum atomic E-state index is 13.3. The zero-order valence-electron chi connectivity index (χ0n) is 17.2. The Labute approximate surface area is 194 Å². The monoisotopic (exact) mass is 468 g/mol. The number of methoxy groups -OCH3 is 2. The Balaban J connectivity index is 1.77. The lowest BCUT2D eigenvalue weighted by Crippen LogP contribution is -2.25. The number of Topliss-reactive ketones (excluding diaryl/α,β-unsaturated/α-hetero) is 1. The Bertz CT molecular complexity index is 1330. The summed E-state index contributed by atoms with van der Waals surface area (Å²) in [4.78, 5) is 26.4. The highest BCUT2D eigenvalue weighted by atomic mass is 35.5.